The van der Waals surface area contributed by atoms with Gasteiger partial charge >= 0.3 is 5.97 Å². The fourth-order valence-corrected chi connectivity index (χ4v) is 11.5. The summed E-state index contributed by atoms with van der Waals surface area (Å²) in [6.07, 6.45) is 4.20. The van der Waals surface area contributed by atoms with Gasteiger partial charge in [0.15, 0.2) is 0 Å². The lowest BCUT2D eigenvalue weighted by atomic mass is 9.97. The van der Waals surface area contributed by atoms with Crippen LogP contribution in [0.1, 0.15) is 165 Å². The Hall–Kier alpha value is -8.09. The number of carboxylic acid groups (broad SMARTS) is 1. The van der Waals surface area contributed by atoms with Gasteiger partial charge in [-0.15, -0.1) is 0 Å². The monoisotopic (exact) mass is 1520 g/mol. The van der Waals surface area contributed by atoms with E-state index in [-0.39, 0.29) is 95.2 Å². The van der Waals surface area contributed by atoms with Crippen molar-refractivity contribution in [3.05, 3.63) is 35.9 Å². The number of benzene rings is 1. The second-order valence-electron chi connectivity index (χ2n) is 28.5. The van der Waals surface area contributed by atoms with E-state index in [4.69, 9.17) is 22.9 Å². The summed E-state index contributed by atoms with van der Waals surface area (Å²) < 4.78 is 0. The molecular formula is C71H125N17O17S. The number of hydrogen-bond acceptors (Lipinski definition) is 21. The molecule has 24 N–H and O–H groups in total. The Morgan fingerprint density at radius 2 is 0.651 bits per heavy atom. The number of carboxylic acids is 1. The number of aliphatic hydroxyl groups is 2. The molecule has 0 aliphatic rings. The summed E-state index contributed by atoms with van der Waals surface area (Å²) in [5.74, 6) is -13.6. The normalized spacial score (nSPS) is 15.1. The van der Waals surface area contributed by atoms with Gasteiger partial charge in [-0.2, -0.15) is 11.8 Å². The first-order valence-electron chi connectivity index (χ1n) is 36.7. The molecule has 13 amide bonds. The van der Waals surface area contributed by atoms with Crippen LogP contribution in [-0.4, -0.2) is 228 Å². The highest BCUT2D eigenvalue weighted by molar-refractivity contribution is 7.98. The highest BCUT2D eigenvalue weighted by Crippen LogP contribution is 2.16. The third-order valence-corrected chi connectivity index (χ3v) is 17.6. The van der Waals surface area contributed by atoms with Crippen LogP contribution >= 0.6 is 11.8 Å². The Bertz CT molecular complexity index is 2950. The molecule has 0 saturated heterocycles. The number of carbonyl (C=O) groups is 14. The molecule has 0 aliphatic heterocycles. The van der Waals surface area contributed by atoms with Crippen molar-refractivity contribution in [2.24, 2.45) is 52.5 Å². The number of aliphatic carboxylic acids is 1. The lowest BCUT2D eigenvalue weighted by Gasteiger charge is -2.30. The molecule has 0 aliphatic carbocycles. The minimum absolute atomic E-state index is 0.0150. The zero-order valence-corrected chi connectivity index (χ0v) is 64.7. The predicted octanol–water partition coefficient (Wildman–Crippen LogP) is -2.83. The van der Waals surface area contributed by atoms with Gasteiger partial charge in [-0.05, 0) is 157 Å². The first-order valence-corrected chi connectivity index (χ1v) is 38.1. The van der Waals surface area contributed by atoms with E-state index in [1.807, 2.05) is 0 Å². The van der Waals surface area contributed by atoms with Crippen molar-refractivity contribution in [1.29, 1.82) is 0 Å². The number of unbranched alkanes of at least 4 members (excludes halogenated alkanes) is 3. The second kappa shape index (κ2) is 52.0. The molecule has 0 heterocycles. The fourth-order valence-electron chi connectivity index (χ4n) is 11.0. The maximum atomic E-state index is 14.6. The third kappa shape index (κ3) is 37.0. The number of hydrogen-bond donors (Lipinski definition) is 20. The van der Waals surface area contributed by atoms with Crippen molar-refractivity contribution < 1.29 is 82.4 Å². The second-order valence-corrected chi connectivity index (χ2v) is 29.5. The number of carbonyl (C=O) groups excluding carboxylic acids is 13. The summed E-state index contributed by atoms with van der Waals surface area (Å²) in [4.78, 5) is 193. The highest BCUT2D eigenvalue weighted by atomic mass is 32.2. The average molecular weight is 1520 g/mol. The number of nitrogens with two attached hydrogens (primary N) is 4. The number of rotatable bonds is 54. The predicted molar refractivity (Wildman–Crippen MR) is 402 cm³/mol. The van der Waals surface area contributed by atoms with Gasteiger partial charge in [0.2, 0.25) is 76.8 Å². The van der Waals surface area contributed by atoms with E-state index in [0.29, 0.717) is 43.4 Å². The molecular weight excluding hydrogens is 1390 g/mol. The molecule has 0 fully saturated rings. The quantitative estimate of drug-likeness (QED) is 0.0292. The molecule has 0 spiro atoms. The van der Waals surface area contributed by atoms with Crippen molar-refractivity contribution in [1.82, 2.24) is 69.1 Å². The minimum atomic E-state index is -1.72. The molecule has 0 radical (unpaired) electrons. The largest absolute Gasteiger partial charge is 0.480 e. The molecule has 34 nitrogen and oxygen atoms in total. The van der Waals surface area contributed by atoms with Gasteiger partial charge in [0.05, 0.1) is 19.8 Å². The van der Waals surface area contributed by atoms with Crippen LogP contribution in [0.5, 0.6) is 0 Å². The number of nitrogens with one attached hydrogen (secondary N) is 13. The third-order valence-electron chi connectivity index (χ3n) is 17.0. The first-order chi connectivity index (χ1) is 50.0. The lowest BCUT2D eigenvalue weighted by Crippen LogP contribution is -2.62. The van der Waals surface area contributed by atoms with Crippen LogP contribution in [0.2, 0.25) is 0 Å². The number of amides is 13. The van der Waals surface area contributed by atoms with E-state index in [9.17, 15) is 82.4 Å². The van der Waals surface area contributed by atoms with Crippen LogP contribution in [0.15, 0.2) is 30.3 Å². The lowest BCUT2D eigenvalue weighted by molar-refractivity contribution is -0.142. The van der Waals surface area contributed by atoms with Crippen molar-refractivity contribution in [2.45, 2.75) is 245 Å². The Morgan fingerprint density at radius 3 is 0.981 bits per heavy atom. The van der Waals surface area contributed by atoms with E-state index < -0.39 is 193 Å². The molecule has 0 unspecified atom stereocenters. The fraction of sp³-hybridized carbons (Fsp3) is 0.718. The summed E-state index contributed by atoms with van der Waals surface area (Å²) >= 11 is 1.37. The van der Waals surface area contributed by atoms with Gasteiger partial charge in [0.25, 0.3) is 0 Å². The van der Waals surface area contributed by atoms with E-state index in [0.717, 1.165) is 0 Å². The van der Waals surface area contributed by atoms with Gasteiger partial charge in [-0.25, -0.2) is 0 Å². The zero-order chi connectivity index (χ0) is 80.3. The Labute approximate surface area is 627 Å². The molecule has 1 aromatic carbocycles. The van der Waals surface area contributed by atoms with Crippen LogP contribution < -0.4 is 92.1 Å². The van der Waals surface area contributed by atoms with Gasteiger partial charge in [0, 0.05) is 6.42 Å². The van der Waals surface area contributed by atoms with Crippen molar-refractivity contribution in [2.75, 3.05) is 51.4 Å². The van der Waals surface area contributed by atoms with Crippen LogP contribution in [0.4, 0.5) is 0 Å². The maximum Gasteiger partial charge on any atom is 0.325 e. The van der Waals surface area contributed by atoms with Crippen LogP contribution in [0.3, 0.4) is 0 Å². The molecule has 1 rings (SSSR count). The Balaban J connectivity index is 3.57. The van der Waals surface area contributed by atoms with E-state index >= 15 is 0 Å². The summed E-state index contributed by atoms with van der Waals surface area (Å²) in [6, 6.07) is -8.91. The molecule has 0 bridgehead atoms. The highest BCUT2D eigenvalue weighted by Gasteiger charge is 2.39. The van der Waals surface area contributed by atoms with E-state index in [1.54, 1.807) is 106 Å². The topological polar surface area (TPSA) is 560 Å². The SMILES string of the molecule is CSCC[C@H](NC(=O)[C@H](CO)NC(=O)CN)C(=O)N[C@@H](CCCCN)C(=O)N[C@@H](CCCCN)C(=O)N[C@@H](CC(C)C)C(=O)N[C@@H](CC(C)C)C(=O)N[C@@H](CCCCN)C(=O)N[C@@H](CO)C(=O)N[C@H](C(=O)N[C@@H](CC(C)C)C(=O)N[C@H](C(=O)N[C@@H](Cc1ccccc1)C(=O)N[C@@H](C)C(=O)O)C(C)C)C(C)C. The van der Waals surface area contributed by atoms with Gasteiger partial charge < -0.3 is 107 Å². The zero-order valence-electron chi connectivity index (χ0n) is 63.9. The molecule has 106 heavy (non-hydrogen) atoms. The van der Waals surface area contributed by atoms with E-state index in [2.05, 4.69) is 69.1 Å². The molecule has 35 heteroatoms. The van der Waals surface area contributed by atoms with Crippen molar-refractivity contribution >= 4 is 94.5 Å². The van der Waals surface area contributed by atoms with Gasteiger partial charge in [-0.1, -0.05) is 99.6 Å². The number of aliphatic hydroxyl groups excluding tert-OH is 2. The minimum Gasteiger partial charge on any atom is -0.480 e. The van der Waals surface area contributed by atoms with Crippen LogP contribution in [0, 0.1) is 29.6 Å². The number of thioether (sulfide) groups is 1. The first kappa shape index (κ1) is 95.9. The van der Waals surface area contributed by atoms with E-state index in [1.165, 1.54) is 18.7 Å². The summed E-state index contributed by atoms with van der Waals surface area (Å²) in [6.45, 7) is 16.9. The average Bonchev–Trinajstić information content (AvgIpc) is 0.853. The Morgan fingerprint density at radius 1 is 0.358 bits per heavy atom. The molecule has 13 atom stereocenters. The maximum absolute atomic E-state index is 14.6. The van der Waals surface area contributed by atoms with Crippen LogP contribution in [-0.2, 0) is 73.5 Å². The summed E-state index contributed by atoms with van der Waals surface area (Å²) in [5, 5.41) is 64.0. The smallest absolute Gasteiger partial charge is 0.325 e. The summed E-state index contributed by atoms with van der Waals surface area (Å²) in [7, 11) is 0. The standard InChI is InChI=1S/C71H125N17O17S/c1-39(2)32-50(83-65(98)51(33-40(3)4)82-60(93)47(25-17-20-29-73)78-59(92)46(24-16-19-28-72)79-62(95)49(27-31-106-12)81-67(100)54(37-89)77-56(91)36-75)64(97)80-48(26-18-21-30-74)61(94)86-55(38-90)68(101)88-58(43(9)10)69(102)84-52(34-41(5)6)66(99)87-57(42(7)8)70(103)85-53(35-45-22-14-13-15-23-45)63(96)76-44(11)71(104)105/h13-15,22-23,39-44,46-55,57-58,89-90H,16-21,24-38,72-75H2,1-12H3,(H,76,96)(H,77,91)(H,78,92)(H,79,95)(H,80,97)(H,81,100)(H,82,93)(H,83,98)(H,84,102)(H,85,103)(H,86,94)(H,87,99)(H,88,101)(H,104,105)/t44-,46-,47-,48-,49-,50-,51-,52-,53-,54-,55-,57-,58-/m0/s1. The summed E-state index contributed by atoms with van der Waals surface area (Å²) in [5.41, 5.74) is 23.5. The molecule has 602 valence electrons. The molecule has 0 saturated carbocycles. The molecule has 1 aromatic rings. The van der Waals surface area contributed by atoms with Crippen molar-refractivity contribution in [3.8, 4) is 0 Å². The van der Waals surface area contributed by atoms with Gasteiger partial charge in [0.1, 0.15) is 78.5 Å². The van der Waals surface area contributed by atoms with Crippen molar-refractivity contribution in [3.63, 3.8) is 0 Å². The van der Waals surface area contributed by atoms with Gasteiger partial charge in [-0.3, -0.25) is 67.1 Å². The molecule has 0 aromatic heterocycles. The Kier molecular flexibility index (Phi) is 47.1. The van der Waals surface area contributed by atoms with Crippen LogP contribution in [0.25, 0.3) is 0 Å².